The van der Waals surface area contributed by atoms with Crippen LogP contribution in [0.5, 0.6) is 0 Å². The Morgan fingerprint density at radius 1 is 0.969 bits per heavy atom. The molecule has 10 heteroatoms. The van der Waals surface area contributed by atoms with E-state index in [1.54, 1.807) is 6.07 Å². The number of hydrogen-bond donors (Lipinski definition) is 2. The fourth-order valence-corrected chi connectivity index (χ4v) is 3.66. The Morgan fingerprint density at radius 2 is 1.72 bits per heavy atom. The van der Waals surface area contributed by atoms with Gasteiger partial charge >= 0.3 is 6.18 Å². The molecule has 1 saturated heterocycles. The van der Waals surface area contributed by atoms with E-state index in [-0.39, 0.29) is 5.95 Å². The lowest BCUT2D eigenvalue weighted by atomic mass is 10.1. The molecule has 1 aliphatic heterocycles. The Kier molecular flexibility index (Phi) is 6.13. The molecule has 0 unspecified atom stereocenters. The van der Waals surface area contributed by atoms with Crippen molar-refractivity contribution in [2.45, 2.75) is 19.6 Å². The van der Waals surface area contributed by atoms with Crippen molar-refractivity contribution in [1.82, 2.24) is 19.9 Å². The number of nitrogens with two attached hydrogens (primary N) is 1. The summed E-state index contributed by atoms with van der Waals surface area (Å²) in [6.45, 7) is 5.03. The normalized spacial score (nSPS) is 15.1. The Labute approximate surface area is 184 Å². The molecule has 1 aromatic heterocycles. The van der Waals surface area contributed by atoms with Gasteiger partial charge in [0.05, 0.1) is 12.1 Å². The van der Waals surface area contributed by atoms with Gasteiger partial charge in [-0.1, -0.05) is 18.2 Å². The third-order valence-electron chi connectivity index (χ3n) is 5.25. The van der Waals surface area contributed by atoms with Crippen molar-refractivity contribution < 1.29 is 13.2 Å². The lowest BCUT2D eigenvalue weighted by Crippen LogP contribution is -2.46. The topological polar surface area (TPSA) is 83.2 Å². The SMILES string of the molecule is Cc1cccc(Nc2nc(N)nc(CN3CCN(c4cccc(C(F)(F)F)c4)CC3)n2)c1. The summed E-state index contributed by atoms with van der Waals surface area (Å²) in [7, 11) is 0. The number of hydrogen-bond acceptors (Lipinski definition) is 7. The minimum absolute atomic E-state index is 0.132. The maximum absolute atomic E-state index is 13.0. The number of anilines is 4. The zero-order chi connectivity index (χ0) is 22.7. The zero-order valence-electron chi connectivity index (χ0n) is 17.6. The summed E-state index contributed by atoms with van der Waals surface area (Å²) in [5, 5.41) is 3.15. The van der Waals surface area contributed by atoms with E-state index in [1.807, 2.05) is 36.1 Å². The summed E-state index contributed by atoms with van der Waals surface area (Å²) in [4.78, 5) is 17.0. The number of rotatable bonds is 5. The van der Waals surface area contributed by atoms with E-state index in [4.69, 9.17) is 5.73 Å². The van der Waals surface area contributed by atoms with E-state index in [0.29, 0.717) is 50.2 Å². The van der Waals surface area contributed by atoms with Crippen LogP contribution in [0.2, 0.25) is 0 Å². The molecule has 1 fully saturated rings. The number of aromatic nitrogens is 3. The first-order valence-electron chi connectivity index (χ1n) is 10.2. The van der Waals surface area contributed by atoms with Gasteiger partial charge in [-0.2, -0.15) is 28.1 Å². The van der Waals surface area contributed by atoms with Crippen LogP contribution in [-0.2, 0) is 12.7 Å². The first-order chi connectivity index (χ1) is 15.3. The highest BCUT2D eigenvalue weighted by Crippen LogP contribution is 2.32. The summed E-state index contributed by atoms with van der Waals surface area (Å²) in [6.07, 6.45) is -4.35. The van der Waals surface area contributed by atoms with Crippen LogP contribution in [0.15, 0.2) is 48.5 Å². The van der Waals surface area contributed by atoms with Crippen molar-refractivity contribution in [1.29, 1.82) is 0 Å². The summed E-state index contributed by atoms with van der Waals surface area (Å²) in [5.41, 5.74) is 7.78. The van der Waals surface area contributed by atoms with Crippen LogP contribution < -0.4 is 16.0 Å². The molecule has 3 N–H and O–H groups in total. The van der Waals surface area contributed by atoms with Crippen molar-refractivity contribution in [3.8, 4) is 0 Å². The molecule has 0 radical (unpaired) electrons. The van der Waals surface area contributed by atoms with Crippen molar-refractivity contribution >= 4 is 23.3 Å². The number of nitrogens with zero attached hydrogens (tertiary/aromatic N) is 5. The molecule has 0 atom stereocenters. The fourth-order valence-electron chi connectivity index (χ4n) is 3.66. The maximum atomic E-state index is 13.0. The number of alkyl halides is 3. The van der Waals surface area contributed by atoms with Gasteiger partial charge in [0.25, 0.3) is 0 Å². The lowest BCUT2D eigenvalue weighted by Gasteiger charge is -2.36. The molecule has 2 heterocycles. The van der Waals surface area contributed by atoms with E-state index < -0.39 is 11.7 Å². The second kappa shape index (κ2) is 8.99. The molecule has 7 nitrogen and oxygen atoms in total. The van der Waals surface area contributed by atoms with Gasteiger partial charge in [0.2, 0.25) is 11.9 Å². The van der Waals surface area contributed by atoms with Crippen LogP contribution in [-0.4, -0.2) is 46.0 Å². The number of nitrogen functional groups attached to an aromatic ring is 1. The molecule has 0 bridgehead atoms. The molecule has 0 saturated carbocycles. The van der Waals surface area contributed by atoms with Gasteiger partial charge in [-0.05, 0) is 42.8 Å². The molecule has 3 aromatic rings. The van der Waals surface area contributed by atoms with Gasteiger partial charge in [-0.3, -0.25) is 4.90 Å². The van der Waals surface area contributed by atoms with E-state index in [9.17, 15) is 13.2 Å². The largest absolute Gasteiger partial charge is 0.416 e. The number of aryl methyl sites for hydroxylation is 1. The van der Waals surface area contributed by atoms with Gasteiger partial charge in [0, 0.05) is 37.6 Å². The second-order valence-corrected chi connectivity index (χ2v) is 7.74. The van der Waals surface area contributed by atoms with E-state index in [0.717, 1.165) is 17.3 Å². The number of piperazine rings is 1. The monoisotopic (exact) mass is 443 g/mol. The van der Waals surface area contributed by atoms with E-state index in [1.165, 1.54) is 12.1 Å². The predicted molar refractivity (Wildman–Crippen MR) is 118 cm³/mol. The smallest absolute Gasteiger partial charge is 0.369 e. The summed E-state index contributed by atoms with van der Waals surface area (Å²) in [6, 6.07) is 13.3. The Bertz CT molecular complexity index is 1080. The number of benzene rings is 2. The van der Waals surface area contributed by atoms with Gasteiger partial charge in [-0.15, -0.1) is 0 Å². The van der Waals surface area contributed by atoms with Crippen molar-refractivity contribution in [2.24, 2.45) is 0 Å². The molecule has 0 spiro atoms. The molecule has 2 aromatic carbocycles. The minimum Gasteiger partial charge on any atom is -0.369 e. The third-order valence-corrected chi connectivity index (χ3v) is 5.25. The molecule has 0 amide bonds. The second-order valence-electron chi connectivity index (χ2n) is 7.74. The molecule has 168 valence electrons. The fraction of sp³-hybridized carbons (Fsp3) is 0.318. The van der Waals surface area contributed by atoms with Gasteiger partial charge in [0.1, 0.15) is 5.82 Å². The van der Waals surface area contributed by atoms with Gasteiger partial charge in [-0.25, -0.2) is 0 Å². The summed E-state index contributed by atoms with van der Waals surface area (Å²) in [5.74, 6) is 1.05. The average molecular weight is 443 g/mol. The molecular formula is C22H24F3N7. The Morgan fingerprint density at radius 3 is 2.44 bits per heavy atom. The van der Waals surface area contributed by atoms with E-state index in [2.05, 4.69) is 25.2 Å². The summed E-state index contributed by atoms with van der Waals surface area (Å²) < 4.78 is 39.0. The van der Waals surface area contributed by atoms with Crippen LogP contribution >= 0.6 is 0 Å². The maximum Gasteiger partial charge on any atom is 0.416 e. The first kappa shape index (κ1) is 21.8. The highest BCUT2D eigenvalue weighted by atomic mass is 19.4. The third kappa shape index (κ3) is 5.44. The van der Waals surface area contributed by atoms with Crippen LogP contribution in [0, 0.1) is 6.92 Å². The molecule has 4 rings (SSSR count). The van der Waals surface area contributed by atoms with Crippen molar-refractivity contribution in [3.63, 3.8) is 0 Å². The Balaban J connectivity index is 1.38. The van der Waals surface area contributed by atoms with Gasteiger partial charge in [0.15, 0.2) is 0 Å². The molecular weight excluding hydrogens is 419 g/mol. The van der Waals surface area contributed by atoms with Crippen molar-refractivity contribution in [2.75, 3.05) is 42.1 Å². The predicted octanol–water partition coefficient (Wildman–Crippen LogP) is 3.85. The zero-order valence-corrected chi connectivity index (χ0v) is 17.6. The van der Waals surface area contributed by atoms with Crippen molar-refractivity contribution in [3.05, 3.63) is 65.5 Å². The van der Waals surface area contributed by atoms with Crippen LogP contribution in [0.4, 0.5) is 36.4 Å². The van der Waals surface area contributed by atoms with Crippen LogP contribution in [0.25, 0.3) is 0 Å². The lowest BCUT2D eigenvalue weighted by molar-refractivity contribution is -0.137. The molecule has 32 heavy (non-hydrogen) atoms. The quantitative estimate of drug-likeness (QED) is 0.620. The number of nitrogens with one attached hydrogen (secondary N) is 1. The van der Waals surface area contributed by atoms with E-state index >= 15 is 0 Å². The minimum atomic E-state index is -4.35. The Hall–Kier alpha value is -3.40. The first-order valence-corrected chi connectivity index (χ1v) is 10.2. The average Bonchev–Trinajstić information content (AvgIpc) is 2.73. The van der Waals surface area contributed by atoms with Gasteiger partial charge < -0.3 is 16.0 Å². The van der Waals surface area contributed by atoms with Crippen LogP contribution in [0.3, 0.4) is 0 Å². The molecule has 0 aliphatic carbocycles. The number of halogens is 3. The highest BCUT2D eigenvalue weighted by Gasteiger charge is 2.31. The standard InChI is InChI=1S/C22H24F3N7/c1-15-4-2-6-17(12-15)27-21-29-19(28-20(26)30-21)14-31-8-10-32(11-9-31)18-7-3-5-16(13-18)22(23,24)25/h2-7,12-13H,8-11,14H2,1H3,(H3,26,27,28,29,30). The molecule has 1 aliphatic rings. The highest BCUT2D eigenvalue weighted by molar-refractivity contribution is 5.55. The summed E-state index contributed by atoms with van der Waals surface area (Å²) >= 11 is 0. The van der Waals surface area contributed by atoms with Crippen LogP contribution in [0.1, 0.15) is 17.0 Å².